The van der Waals surface area contributed by atoms with Crippen molar-refractivity contribution >= 4 is 11.6 Å². The number of nitrogens with two attached hydrogens (primary N) is 1. The molecule has 2 N–H and O–H groups in total. The van der Waals surface area contributed by atoms with E-state index in [9.17, 15) is 4.39 Å². The van der Waals surface area contributed by atoms with Crippen molar-refractivity contribution in [1.82, 2.24) is 4.90 Å². The molecule has 1 aliphatic carbocycles. The van der Waals surface area contributed by atoms with Crippen molar-refractivity contribution in [3.8, 4) is 0 Å². The number of likely N-dealkylation sites (tertiary alicyclic amines) is 1. The molecule has 2 nitrogen and oxygen atoms in total. The second kappa shape index (κ2) is 6.23. The van der Waals surface area contributed by atoms with Crippen LogP contribution in [0.3, 0.4) is 0 Å². The largest absolute Gasteiger partial charge is 0.326 e. The van der Waals surface area contributed by atoms with Gasteiger partial charge < -0.3 is 5.73 Å². The number of rotatable bonds is 4. The first kappa shape index (κ1) is 15.3. The fourth-order valence-electron chi connectivity index (χ4n) is 4.21. The van der Waals surface area contributed by atoms with Gasteiger partial charge >= 0.3 is 0 Å². The molecule has 3 rings (SSSR count). The van der Waals surface area contributed by atoms with Gasteiger partial charge in [0.2, 0.25) is 0 Å². The quantitative estimate of drug-likeness (QED) is 0.917. The van der Waals surface area contributed by atoms with E-state index in [1.165, 1.54) is 31.7 Å². The van der Waals surface area contributed by atoms with E-state index < -0.39 is 0 Å². The third kappa shape index (κ3) is 2.84. The van der Waals surface area contributed by atoms with Crippen LogP contribution in [0.2, 0.25) is 5.02 Å². The van der Waals surface area contributed by atoms with Crippen LogP contribution >= 0.6 is 11.6 Å². The minimum atomic E-state index is -0.229. The summed E-state index contributed by atoms with van der Waals surface area (Å²) in [5, 5.41) is 0.500. The maximum absolute atomic E-state index is 14.0. The van der Waals surface area contributed by atoms with Gasteiger partial charge in [-0.25, -0.2) is 4.39 Å². The summed E-state index contributed by atoms with van der Waals surface area (Å²) in [5.74, 6) is -0.229. The van der Waals surface area contributed by atoms with Gasteiger partial charge in [0.25, 0.3) is 0 Å². The summed E-state index contributed by atoms with van der Waals surface area (Å²) in [6.07, 6.45) is 7.79. The lowest BCUT2D eigenvalue weighted by molar-refractivity contribution is 0.0918. The van der Waals surface area contributed by atoms with Crippen molar-refractivity contribution in [1.29, 1.82) is 0 Å². The average Bonchev–Trinajstić information content (AvgIpc) is 3.13. The Kier molecular flexibility index (Phi) is 4.53. The molecular weight excluding hydrogens is 287 g/mol. The lowest BCUT2D eigenvalue weighted by atomic mass is 9.83. The van der Waals surface area contributed by atoms with E-state index in [2.05, 4.69) is 4.90 Å². The summed E-state index contributed by atoms with van der Waals surface area (Å²) in [7, 11) is 0. The second-order valence-electron chi connectivity index (χ2n) is 6.52. The zero-order valence-corrected chi connectivity index (χ0v) is 13.2. The molecule has 1 saturated heterocycles. The summed E-state index contributed by atoms with van der Waals surface area (Å²) in [4.78, 5) is 2.57. The number of hydrogen-bond acceptors (Lipinski definition) is 2. The maximum atomic E-state index is 14.0. The van der Waals surface area contributed by atoms with E-state index in [1.807, 2.05) is 0 Å². The van der Waals surface area contributed by atoms with E-state index in [0.29, 0.717) is 17.0 Å². The highest BCUT2D eigenvalue weighted by Crippen LogP contribution is 2.40. The zero-order valence-electron chi connectivity index (χ0n) is 12.5. The van der Waals surface area contributed by atoms with Crippen LogP contribution in [0.25, 0.3) is 0 Å². The molecule has 4 heteroatoms. The summed E-state index contributed by atoms with van der Waals surface area (Å²) >= 11 is 6.18. The van der Waals surface area contributed by atoms with Crippen LogP contribution in [0.4, 0.5) is 4.39 Å². The Balaban J connectivity index is 1.83. The third-order valence-corrected chi connectivity index (χ3v) is 5.74. The van der Waals surface area contributed by atoms with E-state index in [1.54, 1.807) is 12.1 Å². The maximum Gasteiger partial charge on any atom is 0.127 e. The molecule has 0 amide bonds. The number of benzene rings is 1. The van der Waals surface area contributed by atoms with Gasteiger partial charge in [-0.2, -0.15) is 0 Å². The summed E-state index contributed by atoms with van der Waals surface area (Å²) in [6.45, 7) is 2.28. The SMILES string of the molecule is NC(Cc1c(F)cccc1Cl)C1(N2CCCC2)CCCC1. The molecule has 1 aromatic rings. The van der Waals surface area contributed by atoms with Gasteiger partial charge in [-0.3, -0.25) is 4.90 Å². The first-order valence-corrected chi connectivity index (χ1v) is 8.45. The summed E-state index contributed by atoms with van der Waals surface area (Å²) < 4.78 is 14.0. The van der Waals surface area contributed by atoms with Crippen molar-refractivity contribution in [3.05, 3.63) is 34.6 Å². The monoisotopic (exact) mass is 310 g/mol. The van der Waals surface area contributed by atoms with Gasteiger partial charge in [-0.05, 0) is 57.3 Å². The number of nitrogens with zero attached hydrogens (tertiary/aromatic N) is 1. The normalized spacial score (nSPS) is 23.6. The lowest BCUT2D eigenvalue weighted by Gasteiger charge is -2.43. The molecule has 116 valence electrons. The standard InChI is InChI=1S/C17H24ClFN2/c18-14-6-5-7-15(19)13(14)12-16(20)17(8-1-2-9-17)21-10-3-4-11-21/h5-7,16H,1-4,8-12,20H2. The Bertz CT molecular complexity index is 473. The summed E-state index contributed by atoms with van der Waals surface area (Å²) in [5.41, 5.74) is 7.23. The van der Waals surface area contributed by atoms with Crippen molar-refractivity contribution < 1.29 is 4.39 Å². The van der Waals surface area contributed by atoms with Crippen LogP contribution in [0.15, 0.2) is 18.2 Å². The molecule has 1 aromatic carbocycles. The van der Waals surface area contributed by atoms with Crippen LogP contribution in [0, 0.1) is 5.82 Å². The van der Waals surface area contributed by atoms with Crippen molar-refractivity contribution in [2.75, 3.05) is 13.1 Å². The van der Waals surface area contributed by atoms with Crippen LogP contribution in [-0.2, 0) is 6.42 Å². The fourth-order valence-corrected chi connectivity index (χ4v) is 4.45. The van der Waals surface area contributed by atoms with E-state index in [0.717, 1.165) is 25.9 Å². The van der Waals surface area contributed by atoms with Crippen LogP contribution in [0.1, 0.15) is 44.1 Å². The Morgan fingerprint density at radius 3 is 2.48 bits per heavy atom. The Morgan fingerprint density at radius 2 is 1.86 bits per heavy atom. The zero-order chi connectivity index (χ0) is 14.9. The van der Waals surface area contributed by atoms with E-state index in [-0.39, 0.29) is 17.4 Å². The Hall–Kier alpha value is -0.640. The molecule has 1 heterocycles. The number of halogens is 2. The minimum Gasteiger partial charge on any atom is -0.326 e. The van der Waals surface area contributed by atoms with Gasteiger partial charge in [-0.15, -0.1) is 0 Å². The highest BCUT2D eigenvalue weighted by atomic mass is 35.5. The second-order valence-corrected chi connectivity index (χ2v) is 6.92. The van der Waals surface area contributed by atoms with Crippen molar-refractivity contribution in [2.24, 2.45) is 5.73 Å². The van der Waals surface area contributed by atoms with Gasteiger partial charge in [0.1, 0.15) is 5.82 Å². The van der Waals surface area contributed by atoms with E-state index in [4.69, 9.17) is 17.3 Å². The van der Waals surface area contributed by atoms with Gasteiger partial charge in [0.15, 0.2) is 0 Å². The van der Waals surface area contributed by atoms with Gasteiger partial charge in [0, 0.05) is 22.2 Å². The van der Waals surface area contributed by atoms with Crippen LogP contribution in [0.5, 0.6) is 0 Å². The molecule has 21 heavy (non-hydrogen) atoms. The molecule has 1 aliphatic heterocycles. The van der Waals surface area contributed by atoms with Gasteiger partial charge in [0.05, 0.1) is 0 Å². The molecule has 2 aliphatic rings. The molecule has 0 radical (unpaired) electrons. The Labute approximate surface area is 131 Å². The van der Waals surface area contributed by atoms with Crippen molar-refractivity contribution in [2.45, 2.75) is 56.5 Å². The predicted octanol–water partition coefficient (Wildman–Crippen LogP) is 3.76. The average molecular weight is 311 g/mol. The highest BCUT2D eigenvalue weighted by Gasteiger charge is 2.45. The molecule has 0 bridgehead atoms. The summed E-state index contributed by atoms with van der Waals surface area (Å²) in [6, 6.07) is 4.83. The minimum absolute atomic E-state index is 0.0486. The lowest BCUT2D eigenvalue weighted by Crippen LogP contribution is -2.58. The smallest absolute Gasteiger partial charge is 0.127 e. The molecule has 2 fully saturated rings. The first-order valence-electron chi connectivity index (χ1n) is 8.07. The first-order chi connectivity index (χ1) is 10.1. The van der Waals surface area contributed by atoms with E-state index >= 15 is 0 Å². The van der Waals surface area contributed by atoms with Crippen molar-refractivity contribution in [3.63, 3.8) is 0 Å². The molecule has 1 unspecified atom stereocenters. The van der Waals surface area contributed by atoms with Crippen LogP contribution in [-0.4, -0.2) is 29.6 Å². The molecular formula is C17H24ClFN2. The highest BCUT2D eigenvalue weighted by molar-refractivity contribution is 6.31. The Morgan fingerprint density at radius 1 is 1.19 bits per heavy atom. The fraction of sp³-hybridized carbons (Fsp3) is 0.647. The van der Waals surface area contributed by atoms with Gasteiger partial charge in [-0.1, -0.05) is 30.5 Å². The third-order valence-electron chi connectivity index (χ3n) is 5.38. The predicted molar refractivity (Wildman–Crippen MR) is 85.1 cm³/mol. The molecule has 0 spiro atoms. The van der Waals surface area contributed by atoms with Crippen LogP contribution < -0.4 is 5.73 Å². The molecule has 0 aromatic heterocycles. The molecule has 1 atom stereocenters. The number of hydrogen-bond donors (Lipinski definition) is 1. The topological polar surface area (TPSA) is 29.3 Å². The molecule has 1 saturated carbocycles.